The van der Waals surface area contributed by atoms with Crippen molar-refractivity contribution in [3.8, 4) is 0 Å². The molecule has 0 unspecified atom stereocenters. The van der Waals surface area contributed by atoms with Crippen LogP contribution in [-0.4, -0.2) is 14.4 Å². The molecule has 0 saturated carbocycles. The molecule has 2 aromatic rings. The third kappa shape index (κ3) is 4.12. The van der Waals surface area contributed by atoms with Gasteiger partial charge in [-0.05, 0) is 51.8 Å². The van der Waals surface area contributed by atoms with Gasteiger partial charge in [0.15, 0.2) is 0 Å². The Balaban J connectivity index is 2.17. The second-order valence-corrected chi connectivity index (χ2v) is 6.81. The number of primary sulfonamides is 1. The summed E-state index contributed by atoms with van der Waals surface area (Å²) in [5.41, 5.74) is 0.641. The van der Waals surface area contributed by atoms with E-state index in [2.05, 4.69) is 15.9 Å². The van der Waals surface area contributed by atoms with Crippen molar-refractivity contribution in [1.29, 1.82) is 0 Å². The van der Waals surface area contributed by atoms with E-state index in [9.17, 15) is 17.6 Å². The maximum absolute atomic E-state index is 12.8. The van der Waals surface area contributed by atoms with E-state index in [0.717, 1.165) is 6.07 Å². The van der Waals surface area contributed by atoms with Crippen molar-refractivity contribution in [3.63, 3.8) is 0 Å². The molecule has 22 heavy (non-hydrogen) atoms. The van der Waals surface area contributed by atoms with Gasteiger partial charge in [-0.25, -0.2) is 22.7 Å². The van der Waals surface area contributed by atoms with Gasteiger partial charge in [-0.3, -0.25) is 0 Å². The number of hydrogen-bond donors (Lipinski definition) is 1. The minimum Gasteiger partial charge on any atom is -0.457 e. The molecule has 2 aromatic carbocycles. The van der Waals surface area contributed by atoms with Gasteiger partial charge in [-0.2, -0.15) is 0 Å². The first-order chi connectivity index (χ1) is 10.3. The first-order valence-corrected chi connectivity index (χ1v) is 8.35. The summed E-state index contributed by atoms with van der Waals surface area (Å²) in [6.45, 7) is -0.0643. The zero-order chi connectivity index (χ0) is 16.3. The molecular weight excluding hydrogens is 377 g/mol. The van der Waals surface area contributed by atoms with Gasteiger partial charge < -0.3 is 4.74 Å². The van der Waals surface area contributed by atoms with Gasteiger partial charge in [0.2, 0.25) is 10.0 Å². The second kappa shape index (κ2) is 6.55. The predicted octanol–water partition coefficient (Wildman–Crippen LogP) is 2.59. The van der Waals surface area contributed by atoms with Crippen LogP contribution in [0.5, 0.6) is 0 Å². The van der Waals surface area contributed by atoms with Crippen LogP contribution < -0.4 is 5.14 Å². The maximum Gasteiger partial charge on any atom is 0.339 e. The van der Waals surface area contributed by atoms with Gasteiger partial charge >= 0.3 is 5.97 Å². The Labute approximate surface area is 135 Å². The highest BCUT2D eigenvalue weighted by molar-refractivity contribution is 9.10. The van der Waals surface area contributed by atoms with Gasteiger partial charge in [0.25, 0.3) is 0 Å². The molecule has 0 heterocycles. The lowest BCUT2D eigenvalue weighted by atomic mass is 10.2. The van der Waals surface area contributed by atoms with Crippen LogP contribution >= 0.6 is 15.9 Å². The fraction of sp³-hybridized carbons (Fsp3) is 0.0714. The lowest BCUT2D eigenvalue weighted by Crippen LogP contribution is -2.14. The summed E-state index contributed by atoms with van der Waals surface area (Å²) in [5.74, 6) is -1.11. The number of hydrogen-bond acceptors (Lipinski definition) is 4. The number of benzene rings is 2. The second-order valence-electron chi connectivity index (χ2n) is 4.39. The van der Waals surface area contributed by atoms with Crippen LogP contribution in [0.15, 0.2) is 51.8 Å². The molecule has 0 radical (unpaired) electrons. The van der Waals surface area contributed by atoms with Gasteiger partial charge in [0, 0.05) is 4.47 Å². The quantitative estimate of drug-likeness (QED) is 0.816. The van der Waals surface area contributed by atoms with E-state index in [1.54, 1.807) is 0 Å². The molecule has 0 aliphatic heterocycles. The molecule has 5 nitrogen and oxygen atoms in total. The first kappa shape index (κ1) is 16.6. The molecule has 0 aliphatic rings. The minimum absolute atomic E-state index is 0.0358. The molecule has 0 fully saturated rings. The molecule has 0 amide bonds. The molecule has 2 N–H and O–H groups in total. The summed E-state index contributed by atoms with van der Waals surface area (Å²) in [7, 11) is -3.92. The molecule has 116 valence electrons. The smallest absolute Gasteiger partial charge is 0.339 e. The Kier molecular flexibility index (Phi) is 4.94. The van der Waals surface area contributed by atoms with Crippen molar-refractivity contribution in [2.45, 2.75) is 11.5 Å². The predicted molar refractivity (Wildman–Crippen MR) is 81.0 cm³/mol. The lowest BCUT2D eigenvalue weighted by Gasteiger charge is -2.08. The Hall–Kier alpha value is -1.77. The summed E-state index contributed by atoms with van der Waals surface area (Å²) in [6.07, 6.45) is 0. The van der Waals surface area contributed by atoms with Crippen molar-refractivity contribution in [1.82, 2.24) is 0 Å². The summed E-state index contributed by atoms with van der Waals surface area (Å²) in [5, 5.41) is 5.02. The number of esters is 1. The van der Waals surface area contributed by atoms with Crippen LogP contribution in [0, 0.1) is 5.82 Å². The highest BCUT2D eigenvalue weighted by Crippen LogP contribution is 2.21. The van der Waals surface area contributed by atoms with Crippen LogP contribution in [0.25, 0.3) is 0 Å². The standard InChI is InChI=1S/C14H11BrFNO4S/c15-13-6-5-11(22(17,19)20)7-12(13)14(18)21-8-9-1-3-10(16)4-2-9/h1-7H,8H2,(H2,17,19,20). The van der Waals surface area contributed by atoms with Crippen LogP contribution in [0.2, 0.25) is 0 Å². The molecule has 0 aliphatic carbocycles. The third-order valence-electron chi connectivity index (χ3n) is 2.77. The minimum atomic E-state index is -3.92. The molecule has 8 heteroatoms. The fourth-order valence-corrected chi connectivity index (χ4v) is 2.59. The molecule has 0 bridgehead atoms. The molecule has 2 rings (SSSR count). The first-order valence-electron chi connectivity index (χ1n) is 6.01. The van der Waals surface area contributed by atoms with E-state index >= 15 is 0 Å². The molecule has 0 atom stereocenters. The van der Waals surface area contributed by atoms with Crippen LogP contribution in [0.3, 0.4) is 0 Å². The number of sulfonamides is 1. The Morgan fingerprint density at radius 2 is 1.82 bits per heavy atom. The number of halogens is 2. The number of carbonyl (C=O) groups is 1. The molecular formula is C14H11BrFNO4S. The van der Waals surface area contributed by atoms with Crippen LogP contribution in [-0.2, 0) is 21.4 Å². The summed E-state index contributed by atoms with van der Waals surface area (Å²) >= 11 is 3.15. The van der Waals surface area contributed by atoms with Gasteiger partial charge in [-0.15, -0.1) is 0 Å². The van der Waals surface area contributed by atoms with Crippen molar-refractivity contribution < 1.29 is 22.3 Å². The van der Waals surface area contributed by atoms with Crippen molar-refractivity contribution in [3.05, 3.63) is 63.9 Å². The molecule has 0 aromatic heterocycles. The van der Waals surface area contributed by atoms with Crippen molar-refractivity contribution in [2.24, 2.45) is 5.14 Å². The Morgan fingerprint density at radius 1 is 1.18 bits per heavy atom. The number of carbonyl (C=O) groups excluding carboxylic acids is 1. The summed E-state index contributed by atoms with van der Waals surface area (Å²) in [6, 6.07) is 9.27. The number of nitrogens with two attached hydrogens (primary N) is 1. The number of rotatable bonds is 4. The van der Waals surface area contributed by atoms with Crippen molar-refractivity contribution in [2.75, 3.05) is 0 Å². The van der Waals surface area contributed by atoms with Crippen LogP contribution in [0.4, 0.5) is 4.39 Å². The van der Waals surface area contributed by atoms with E-state index in [1.807, 2.05) is 0 Å². The lowest BCUT2D eigenvalue weighted by molar-refractivity contribution is 0.0471. The summed E-state index contributed by atoms with van der Waals surface area (Å²) in [4.78, 5) is 11.8. The van der Waals surface area contributed by atoms with Gasteiger partial charge in [0.1, 0.15) is 12.4 Å². The van der Waals surface area contributed by atoms with Gasteiger partial charge in [-0.1, -0.05) is 12.1 Å². The third-order valence-corrected chi connectivity index (χ3v) is 4.37. The summed E-state index contributed by atoms with van der Waals surface area (Å²) < 4.78 is 40.8. The monoisotopic (exact) mass is 387 g/mol. The average Bonchev–Trinajstić information content (AvgIpc) is 2.45. The van der Waals surface area contributed by atoms with E-state index < -0.39 is 21.8 Å². The molecule has 0 spiro atoms. The highest BCUT2D eigenvalue weighted by Gasteiger charge is 2.16. The Bertz CT molecular complexity index is 806. The van der Waals surface area contributed by atoms with E-state index in [4.69, 9.17) is 9.88 Å². The van der Waals surface area contributed by atoms with Crippen molar-refractivity contribution >= 4 is 31.9 Å². The topological polar surface area (TPSA) is 86.5 Å². The average molecular weight is 388 g/mol. The Morgan fingerprint density at radius 3 is 2.41 bits per heavy atom. The maximum atomic E-state index is 12.8. The zero-order valence-corrected chi connectivity index (χ0v) is 13.5. The fourth-order valence-electron chi connectivity index (χ4n) is 1.65. The zero-order valence-electron chi connectivity index (χ0n) is 11.1. The van der Waals surface area contributed by atoms with E-state index in [1.165, 1.54) is 36.4 Å². The van der Waals surface area contributed by atoms with E-state index in [-0.39, 0.29) is 17.1 Å². The van der Waals surface area contributed by atoms with E-state index in [0.29, 0.717) is 10.0 Å². The van der Waals surface area contributed by atoms with Gasteiger partial charge in [0.05, 0.1) is 10.5 Å². The SMILES string of the molecule is NS(=O)(=O)c1ccc(Br)c(C(=O)OCc2ccc(F)cc2)c1. The van der Waals surface area contributed by atoms with Crippen LogP contribution in [0.1, 0.15) is 15.9 Å². The largest absolute Gasteiger partial charge is 0.457 e. The molecule has 0 saturated heterocycles. The highest BCUT2D eigenvalue weighted by atomic mass is 79.9. The number of ether oxygens (including phenoxy) is 1. The normalized spacial score (nSPS) is 11.2.